The molecule has 0 bridgehead atoms. The minimum Gasteiger partial charge on any atom is -0.404 e. The SMILES string of the molecule is O=P1(Oc2ccccc2)OCCOCCOCCOCCO1. The predicted octanol–water partition coefficient (Wildman–Crippen LogP) is 2.27. The molecule has 0 unspecified atom stereocenters. The highest BCUT2D eigenvalue weighted by molar-refractivity contribution is 7.48. The molecule has 0 atom stereocenters. The normalized spacial score (nSPS) is 21.6. The van der Waals surface area contributed by atoms with Gasteiger partial charge in [0, 0.05) is 0 Å². The molecule has 1 fully saturated rings. The van der Waals surface area contributed by atoms with E-state index < -0.39 is 7.82 Å². The molecule has 1 aliphatic heterocycles. The minimum absolute atomic E-state index is 0.102. The Bertz CT molecular complexity index is 436. The van der Waals surface area contributed by atoms with Gasteiger partial charge in [-0.15, -0.1) is 0 Å². The molecule has 1 aliphatic rings. The molecule has 0 saturated carbocycles. The molecule has 1 saturated heterocycles. The Morgan fingerprint density at radius 3 is 1.68 bits per heavy atom. The van der Waals surface area contributed by atoms with Crippen LogP contribution >= 0.6 is 7.82 Å². The van der Waals surface area contributed by atoms with E-state index in [9.17, 15) is 4.57 Å². The van der Waals surface area contributed by atoms with E-state index in [1.807, 2.05) is 6.07 Å². The fraction of sp³-hybridized carbons (Fsp3) is 0.571. The van der Waals surface area contributed by atoms with E-state index in [-0.39, 0.29) is 26.4 Å². The van der Waals surface area contributed by atoms with Gasteiger partial charge in [-0.05, 0) is 12.1 Å². The van der Waals surface area contributed by atoms with Crippen LogP contribution in [0.25, 0.3) is 0 Å². The van der Waals surface area contributed by atoms with Crippen molar-refractivity contribution >= 4 is 7.82 Å². The molecular formula is C14H21O7P. The highest BCUT2D eigenvalue weighted by atomic mass is 31.2. The summed E-state index contributed by atoms with van der Waals surface area (Å²) in [5.41, 5.74) is 0. The first-order valence-corrected chi connectivity index (χ1v) is 8.62. The van der Waals surface area contributed by atoms with Crippen molar-refractivity contribution in [2.75, 3.05) is 52.9 Å². The van der Waals surface area contributed by atoms with Crippen LogP contribution in [0.1, 0.15) is 0 Å². The highest BCUT2D eigenvalue weighted by Gasteiger charge is 2.28. The van der Waals surface area contributed by atoms with Gasteiger partial charge in [0.05, 0.1) is 52.9 Å². The zero-order valence-electron chi connectivity index (χ0n) is 12.3. The molecule has 0 radical (unpaired) electrons. The second-order valence-corrected chi connectivity index (χ2v) is 5.95. The van der Waals surface area contributed by atoms with Crippen LogP contribution in [0.3, 0.4) is 0 Å². The lowest BCUT2D eigenvalue weighted by molar-refractivity contribution is -0.00626. The number of rotatable bonds is 2. The molecule has 7 nitrogen and oxygen atoms in total. The van der Waals surface area contributed by atoms with Gasteiger partial charge in [-0.2, -0.15) is 0 Å². The van der Waals surface area contributed by atoms with Crippen molar-refractivity contribution in [2.45, 2.75) is 0 Å². The monoisotopic (exact) mass is 332 g/mol. The van der Waals surface area contributed by atoms with E-state index in [0.29, 0.717) is 32.2 Å². The molecule has 124 valence electrons. The first kappa shape index (κ1) is 17.4. The molecule has 1 aromatic carbocycles. The lowest BCUT2D eigenvalue weighted by Gasteiger charge is -2.19. The maximum Gasteiger partial charge on any atom is 0.530 e. The zero-order valence-corrected chi connectivity index (χ0v) is 13.2. The maximum absolute atomic E-state index is 12.6. The van der Waals surface area contributed by atoms with Gasteiger partial charge in [0.2, 0.25) is 0 Å². The molecule has 2 rings (SSSR count). The molecule has 0 aliphatic carbocycles. The largest absolute Gasteiger partial charge is 0.530 e. The van der Waals surface area contributed by atoms with Crippen LogP contribution < -0.4 is 4.52 Å². The van der Waals surface area contributed by atoms with Gasteiger partial charge in [-0.1, -0.05) is 18.2 Å². The van der Waals surface area contributed by atoms with Gasteiger partial charge >= 0.3 is 7.82 Å². The van der Waals surface area contributed by atoms with Crippen molar-refractivity contribution in [1.29, 1.82) is 0 Å². The van der Waals surface area contributed by atoms with E-state index in [1.54, 1.807) is 24.3 Å². The van der Waals surface area contributed by atoms with Crippen molar-refractivity contribution in [3.8, 4) is 5.75 Å². The summed E-state index contributed by atoms with van der Waals surface area (Å²) in [6.07, 6.45) is 0. The van der Waals surface area contributed by atoms with Crippen LogP contribution in [-0.2, 0) is 27.8 Å². The molecule has 0 aromatic heterocycles. The number of phosphoric ester groups is 1. The molecular weight excluding hydrogens is 311 g/mol. The zero-order chi connectivity index (χ0) is 15.5. The van der Waals surface area contributed by atoms with E-state index in [0.717, 1.165) is 0 Å². The molecule has 0 N–H and O–H groups in total. The minimum atomic E-state index is -3.70. The first-order valence-electron chi connectivity index (χ1n) is 7.15. The van der Waals surface area contributed by atoms with Crippen molar-refractivity contribution in [3.63, 3.8) is 0 Å². The summed E-state index contributed by atoms with van der Waals surface area (Å²) in [6, 6.07) is 8.75. The quantitative estimate of drug-likeness (QED) is 0.769. The summed E-state index contributed by atoms with van der Waals surface area (Å²) in [4.78, 5) is 0. The lowest BCUT2D eigenvalue weighted by Crippen LogP contribution is -2.15. The fourth-order valence-corrected chi connectivity index (χ4v) is 2.81. The van der Waals surface area contributed by atoms with Gasteiger partial charge in [-0.3, -0.25) is 9.05 Å². The Morgan fingerprint density at radius 2 is 1.18 bits per heavy atom. The summed E-state index contributed by atoms with van der Waals surface area (Å²) in [6.45, 7) is 2.62. The second kappa shape index (κ2) is 9.94. The predicted molar refractivity (Wildman–Crippen MR) is 79.0 cm³/mol. The van der Waals surface area contributed by atoms with E-state index >= 15 is 0 Å². The average molecular weight is 332 g/mol. The highest BCUT2D eigenvalue weighted by Crippen LogP contribution is 2.49. The number of phosphoric acid groups is 1. The van der Waals surface area contributed by atoms with Crippen LogP contribution in [0.2, 0.25) is 0 Å². The third-order valence-electron chi connectivity index (χ3n) is 2.66. The van der Waals surface area contributed by atoms with Gasteiger partial charge in [0.15, 0.2) is 0 Å². The Balaban J connectivity index is 1.90. The standard InChI is InChI=1S/C14H21O7P/c15-22(21-14-4-2-1-3-5-14)19-12-10-17-8-6-16-7-9-18-11-13-20-22/h1-5H,6-13H2. The van der Waals surface area contributed by atoms with Crippen molar-refractivity contribution in [1.82, 2.24) is 0 Å². The third-order valence-corrected chi connectivity index (χ3v) is 4.09. The molecule has 1 aromatic rings. The Labute approximate surface area is 130 Å². The Kier molecular flexibility index (Phi) is 7.87. The van der Waals surface area contributed by atoms with Gasteiger partial charge in [0.1, 0.15) is 5.75 Å². The summed E-state index contributed by atoms with van der Waals surface area (Å²) >= 11 is 0. The molecule has 0 spiro atoms. The van der Waals surface area contributed by atoms with Crippen molar-refractivity contribution in [3.05, 3.63) is 30.3 Å². The van der Waals surface area contributed by atoms with Crippen LogP contribution in [0.15, 0.2) is 30.3 Å². The number of para-hydroxylation sites is 1. The molecule has 8 heteroatoms. The second-order valence-electron chi connectivity index (χ2n) is 4.36. The summed E-state index contributed by atoms with van der Waals surface area (Å²) in [5.74, 6) is 0.419. The van der Waals surface area contributed by atoms with Gasteiger partial charge < -0.3 is 18.7 Å². The number of benzene rings is 1. The number of hydrogen-bond acceptors (Lipinski definition) is 7. The van der Waals surface area contributed by atoms with E-state index in [4.69, 9.17) is 27.8 Å². The van der Waals surface area contributed by atoms with E-state index in [2.05, 4.69) is 0 Å². The third kappa shape index (κ3) is 6.87. The molecule has 22 heavy (non-hydrogen) atoms. The van der Waals surface area contributed by atoms with Gasteiger partial charge in [-0.25, -0.2) is 4.57 Å². The van der Waals surface area contributed by atoms with Crippen LogP contribution in [-0.4, -0.2) is 52.9 Å². The summed E-state index contributed by atoms with van der Waals surface area (Å²) < 4.78 is 44.4. The fourth-order valence-electron chi connectivity index (χ4n) is 1.66. The summed E-state index contributed by atoms with van der Waals surface area (Å²) in [5, 5.41) is 0. The lowest BCUT2D eigenvalue weighted by atomic mass is 10.3. The molecule has 0 amide bonds. The Hall–Kier alpha value is -0.950. The number of hydrogen-bond donors (Lipinski definition) is 0. The number of ether oxygens (including phenoxy) is 3. The van der Waals surface area contributed by atoms with Crippen molar-refractivity contribution in [2.24, 2.45) is 0 Å². The molecule has 1 heterocycles. The van der Waals surface area contributed by atoms with Crippen LogP contribution in [0.5, 0.6) is 5.75 Å². The topological polar surface area (TPSA) is 72.5 Å². The summed E-state index contributed by atoms with van der Waals surface area (Å²) in [7, 11) is -3.70. The van der Waals surface area contributed by atoms with Crippen LogP contribution in [0, 0.1) is 0 Å². The smallest absolute Gasteiger partial charge is 0.404 e. The Morgan fingerprint density at radius 1 is 0.727 bits per heavy atom. The van der Waals surface area contributed by atoms with E-state index in [1.165, 1.54) is 0 Å². The van der Waals surface area contributed by atoms with Crippen molar-refractivity contribution < 1.29 is 32.3 Å². The average Bonchev–Trinajstić information content (AvgIpc) is 2.52. The maximum atomic E-state index is 12.6. The van der Waals surface area contributed by atoms with Crippen LogP contribution in [0.4, 0.5) is 0 Å². The van der Waals surface area contributed by atoms with Gasteiger partial charge in [0.25, 0.3) is 0 Å². The first-order chi connectivity index (χ1) is 10.8.